The summed E-state index contributed by atoms with van der Waals surface area (Å²) in [6, 6.07) is 23.3. The Morgan fingerprint density at radius 1 is 0.941 bits per heavy atom. The van der Waals surface area contributed by atoms with Crippen LogP contribution in [0.3, 0.4) is 0 Å². The Bertz CT molecular complexity index is 1020. The van der Waals surface area contributed by atoms with Gasteiger partial charge in [-0.05, 0) is 48.8 Å². The van der Waals surface area contributed by atoms with Crippen LogP contribution >= 0.6 is 0 Å². The first-order valence-corrected chi connectivity index (χ1v) is 12.0. The van der Waals surface area contributed by atoms with Crippen LogP contribution in [0.2, 0.25) is 0 Å². The molecule has 4 rings (SSSR count). The molecule has 0 atom stereocenters. The zero-order chi connectivity index (χ0) is 23.6. The van der Waals surface area contributed by atoms with Crippen molar-refractivity contribution in [2.75, 3.05) is 18.8 Å². The number of methoxy groups -OCH3 is 1. The fraction of sp³-hybridized carbons (Fsp3) is 0.345. The van der Waals surface area contributed by atoms with Gasteiger partial charge in [0.15, 0.2) is 5.75 Å². The molecule has 2 aromatic carbocycles. The van der Waals surface area contributed by atoms with Gasteiger partial charge in [0.25, 0.3) is 0 Å². The van der Waals surface area contributed by atoms with E-state index in [2.05, 4.69) is 59.1 Å². The molecule has 1 aromatic heterocycles. The lowest BCUT2D eigenvalue weighted by molar-refractivity contribution is 0.0611. The van der Waals surface area contributed by atoms with E-state index in [1.165, 1.54) is 5.56 Å². The maximum Gasteiger partial charge on any atom is 0.168 e. The number of nitrogens with zero attached hydrogens (tertiary/aromatic N) is 2. The molecule has 34 heavy (non-hydrogen) atoms. The molecule has 1 aliphatic rings. The van der Waals surface area contributed by atoms with Crippen LogP contribution in [0.4, 0.5) is 5.69 Å². The van der Waals surface area contributed by atoms with E-state index in [1.54, 1.807) is 19.4 Å². The van der Waals surface area contributed by atoms with Crippen molar-refractivity contribution in [1.82, 2.24) is 4.98 Å². The molecule has 1 aliphatic carbocycles. The van der Waals surface area contributed by atoms with Crippen LogP contribution in [0.15, 0.2) is 85.6 Å². The first-order chi connectivity index (χ1) is 16.8. The molecule has 178 valence electrons. The number of hydroxylamine groups is 1. The van der Waals surface area contributed by atoms with Crippen molar-refractivity contribution in [3.05, 3.63) is 102 Å². The summed E-state index contributed by atoms with van der Waals surface area (Å²) >= 11 is 0. The van der Waals surface area contributed by atoms with Crippen LogP contribution < -0.4 is 9.80 Å². The Hall–Kier alpha value is -3.15. The summed E-state index contributed by atoms with van der Waals surface area (Å²) in [5.74, 6) is 1.29. The molecule has 0 bridgehead atoms. The van der Waals surface area contributed by atoms with E-state index in [1.807, 2.05) is 24.3 Å². The van der Waals surface area contributed by atoms with Gasteiger partial charge in [-0.15, -0.1) is 6.58 Å². The highest BCUT2D eigenvalue weighted by atomic mass is 16.7. The Morgan fingerprint density at radius 3 is 2.32 bits per heavy atom. The van der Waals surface area contributed by atoms with Crippen molar-refractivity contribution in [3.8, 4) is 5.75 Å². The molecular weight excluding hydrogens is 424 g/mol. The quantitative estimate of drug-likeness (QED) is 0.187. The number of ether oxygens (including phenoxy) is 2. The van der Waals surface area contributed by atoms with Gasteiger partial charge in [0.05, 0.1) is 33.0 Å². The molecule has 0 spiro atoms. The minimum atomic E-state index is 0.252. The van der Waals surface area contributed by atoms with Gasteiger partial charge in [-0.2, -0.15) is 0 Å². The van der Waals surface area contributed by atoms with Crippen molar-refractivity contribution in [1.29, 1.82) is 0 Å². The zero-order valence-corrected chi connectivity index (χ0v) is 19.9. The topological polar surface area (TPSA) is 43.8 Å². The van der Waals surface area contributed by atoms with E-state index in [4.69, 9.17) is 14.3 Å². The fourth-order valence-electron chi connectivity index (χ4n) is 4.68. The van der Waals surface area contributed by atoms with Crippen LogP contribution in [0.5, 0.6) is 5.75 Å². The Balaban J connectivity index is 1.56. The monoisotopic (exact) mass is 458 g/mol. The van der Waals surface area contributed by atoms with E-state index in [0.29, 0.717) is 31.5 Å². The molecule has 0 unspecified atom stereocenters. The molecule has 0 N–H and O–H groups in total. The van der Waals surface area contributed by atoms with E-state index in [9.17, 15) is 0 Å². The fourth-order valence-corrected chi connectivity index (χ4v) is 4.68. The van der Waals surface area contributed by atoms with Gasteiger partial charge in [0.1, 0.15) is 11.4 Å². The number of rotatable bonds is 11. The van der Waals surface area contributed by atoms with Crippen LogP contribution in [0.25, 0.3) is 0 Å². The molecule has 0 aliphatic heterocycles. The summed E-state index contributed by atoms with van der Waals surface area (Å²) in [5.41, 5.74) is 4.22. The van der Waals surface area contributed by atoms with Gasteiger partial charge in [-0.3, -0.25) is 9.82 Å². The maximum absolute atomic E-state index is 6.49. The third kappa shape index (κ3) is 6.04. The largest absolute Gasteiger partial charge is 0.492 e. The minimum absolute atomic E-state index is 0.252. The summed E-state index contributed by atoms with van der Waals surface area (Å²) in [5, 5.41) is 2.06. The first-order valence-electron chi connectivity index (χ1n) is 12.0. The highest BCUT2D eigenvalue weighted by Crippen LogP contribution is 2.39. The van der Waals surface area contributed by atoms with Crippen molar-refractivity contribution in [2.45, 2.75) is 50.9 Å². The second kappa shape index (κ2) is 12.4. The van der Waals surface area contributed by atoms with Crippen LogP contribution in [0, 0.1) is 0 Å². The summed E-state index contributed by atoms with van der Waals surface area (Å²) < 4.78 is 11.5. The smallest absolute Gasteiger partial charge is 0.168 e. The Morgan fingerprint density at radius 2 is 1.65 bits per heavy atom. The summed E-state index contributed by atoms with van der Waals surface area (Å²) in [4.78, 5) is 11.0. The summed E-state index contributed by atoms with van der Waals surface area (Å²) in [6.07, 6.45) is 7.88. The lowest BCUT2D eigenvalue weighted by atomic mass is 9.81. The van der Waals surface area contributed by atoms with Gasteiger partial charge in [0.2, 0.25) is 0 Å². The number of pyridine rings is 1. The van der Waals surface area contributed by atoms with Crippen molar-refractivity contribution < 1.29 is 14.3 Å². The molecule has 5 nitrogen and oxygen atoms in total. The number of hydrogen-bond acceptors (Lipinski definition) is 5. The third-order valence-corrected chi connectivity index (χ3v) is 6.39. The van der Waals surface area contributed by atoms with Crippen LogP contribution in [-0.4, -0.2) is 24.7 Å². The Labute approximate surface area is 203 Å². The number of anilines is 1. The van der Waals surface area contributed by atoms with Gasteiger partial charge in [-0.25, -0.2) is 5.06 Å². The van der Waals surface area contributed by atoms with E-state index < -0.39 is 0 Å². The maximum atomic E-state index is 6.49. The lowest BCUT2D eigenvalue weighted by Gasteiger charge is -2.38. The number of aromatic nitrogens is 1. The average molecular weight is 459 g/mol. The molecular formula is C29H34N2O3. The highest BCUT2D eigenvalue weighted by Gasteiger charge is 2.30. The molecule has 1 fully saturated rings. The molecule has 0 saturated heterocycles. The molecule has 1 saturated carbocycles. The predicted octanol–water partition coefficient (Wildman–Crippen LogP) is 6.46. The average Bonchev–Trinajstić information content (AvgIpc) is 2.90. The second-order valence-corrected chi connectivity index (χ2v) is 8.61. The molecule has 5 heteroatoms. The Kier molecular flexibility index (Phi) is 8.71. The SMILES string of the molecule is C=CCOCc1nccc(N(OCc2ccccc2)C2CCC(c3ccccc3)CC2)c1OC. The number of benzene rings is 2. The van der Waals surface area contributed by atoms with Gasteiger partial charge in [0, 0.05) is 6.20 Å². The molecule has 1 heterocycles. The zero-order valence-electron chi connectivity index (χ0n) is 19.9. The molecule has 0 amide bonds. The normalized spacial score (nSPS) is 17.8. The predicted molar refractivity (Wildman–Crippen MR) is 136 cm³/mol. The van der Waals surface area contributed by atoms with Crippen LogP contribution in [-0.2, 0) is 22.8 Å². The standard InChI is InChI=1S/C29H34N2O3/c1-3-20-33-22-27-29(32-2)28(18-19-30-27)31(34-21-23-10-6-4-7-11-23)26-16-14-25(15-17-26)24-12-8-5-9-13-24/h3-13,18-19,25-26H,1,14-17,20-22H2,2H3. The second-order valence-electron chi connectivity index (χ2n) is 8.61. The third-order valence-electron chi connectivity index (χ3n) is 6.39. The van der Waals surface area contributed by atoms with Crippen molar-refractivity contribution >= 4 is 5.69 Å². The van der Waals surface area contributed by atoms with E-state index in [-0.39, 0.29) is 6.04 Å². The summed E-state index contributed by atoms with van der Waals surface area (Å²) in [7, 11) is 1.68. The molecule has 3 aromatic rings. The minimum Gasteiger partial charge on any atom is -0.492 e. The highest BCUT2D eigenvalue weighted by molar-refractivity contribution is 5.59. The van der Waals surface area contributed by atoms with Gasteiger partial charge in [-0.1, -0.05) is 66.7 Å². The van der Waals surface area contributed by atoms with Gasteiger partial charge < -0.3 is 9.47 Å². The van der Waals surface area contributed by atoms with Crippen molar-refractivity contribution in [2.24, 2.45) is 0 Å². The van der Waals surface area contributed by atoms with Gasteiger partial charge >= 0.3 is 0 Å². The van der Waals surface area contributed by atoms with Crippen molar-refractivity contribution in [3.63, 3.8) is 0 Å². The van der Waals surface area contributed by atoms with Crippen LogP contribution in [0.1, 0.15) is 48.4 Å². The van der Waals surface area contributed by atoms with E-state index in [0.717, 1.165) is 42.6 Å². The number of hydrogen-bond donors (Lipinski definition) is 0. The molecule has 0 radical (unpaired) electrons. The lowest BCUT2D eigenvalue weighted by Crippen LogP contribution is -2.38. The van der Waals surface area contributed by atoms with E-state index >= 15 is 0 Å². The first kappa shape index (κ1) is 24.0. The summed E-state index contributed by atoms with van der Waals surface area (Å²) in [6.45, 7) is 5.03.